The van der Waals surface area contributed by atoms with Gasteiger partial charge in [-0.05, 0) is 6.92 Å². The minimum Gasteiger partial charge on any atom is -0.461 e. The SMILES string of the molecule is CCOC(=O)c1ncc(F)c(C(F)F)c1CCl. The van der Waals surface area contributed by atoms with E-state index in [1.54, 1.807) is 6.92 Å². The van der Waals surface area contributed by atoms with Crippen molar-refractivity contribution in [2.24, 2.45) is 0 Å². The summed E-state index contributed by atoms with van der Waals surface area (Å²) in [5.74, 6) is -2.53. The van der Waals surface area contributed by atoms with Gasteiger partial charge in [0.2, 0.25) is 0 Å². The number of hydrogen-bond acceptors (Lipinski definition) is 3. The number of carbonyl (C=O) groups is 1. The van der Waals surface area contributed by atoms with E-state index < -0.39 is 29.7 Å². The van der Waals surface area contributed by atoms with Crippen LogP contribution >= 0.6 is 11.6 Å². The number of esters is 1. The molecule has 0 saturated heterocycles. The van der Waals surface area contributed by atoms with Crippen molar-refractivity contribution in [3.05, 3.63) is 28.8 Å². The number of nitrogens with zero attached hydrogens (tertiary/aromatic N) is 1. The molecule has 0 N–H and O–H groups in total. The van der Waals surface area contributed by atoms with Crippen LogP contribution in [-0.4, -0.2) is 17.6 Å². The molecule has 1 aromatic rings. The molecule has 0 aliphatic rings. The largest absolute Gasteiger partial charge is 0.461 e. The summed E-state index contributed by atoms with van der Waals surface area (Å²) >= 11 is 5.45. The molecule has 0 fully saturated rings. The van der Waals surface area contributed by atoms with Crippen LogP contribution in [0.15, 0.2) is 6.20 Å². The smallest absolute Gasteiger partial charge is 0.357 e. The maximum absolute atomic E-state index is 13.2. The maximum Gasteiger partial charge on any atom is 0.357 e. The summed E-state index contributed by atoms with van der Waals surface area (Å²) < 4.78 is 43.0. The summed E-state index contributed by atoms with van der Waals surface area (Å²) in [4.78, 5) is 14.8. The lowest BCUT2D eigenvalue weighted by Crippen LogP contribution is -2.13. The molecule has 0 amide bonds. The molecule has 0 spiro atoms. The number of ether oxygens (including phenoxy) is 1. The van der Waals surface area contributed by atoms with Gasteiger partial charge in [-0.2, -0.15) is 0 Å². The van der Waals surface area contributed by atoms with Crippen LogP contribution in [0.3, 0.4) is 0 Å². The van der Waals surface area contributed by atoms with Crippen molar-refractivity contribution in [2.45, 2.75) is 19.2 Å². The number of halogens is 4. The van der Waals surface area contributed by atoms with E-state index in [0.29, 0.717) is 6.20 Å². The fourth-order valence-electron chi connectivity index (χ4n) is 1.29. The molecule has 0 aliphatic heterocycles. The Hall–Kier alpha value is -1.30. The second-order valence-corrected chi connectivity index (χ2v) is 3.27. The number of carbonyl (C=O) groups excluding carboxylic acids is 1. The van der Waals surface area contributed by atoms with Crippen LogP contribution < -0.4 is 0 Å². The molecule has 1 aromatic heterocycles. The highest BCUT2D eigenvalue weighted by Gasteiger charge is 2.25. The van der Waals surface area contributed by atoms with E-state index in [1.165, 1.54) is 0 Å². The van der Waals surface area contributed by atoms with E-state index in [1.807, 2.05) is 0 Å². The summed E-state index contributed by atoms with van der Waals surface area (Å²) in [5, 5.41) is 0. The van der Waals surface area contributed by atoms with Gasteiger partial charge in [-0.3, -0.25) is 0 Å². The zero-order valence-electron chi connectivity index (χ0n) is 8.84. The second-order valence-electron chi connectivity index (χ2n) is 3.00. The average Bonchev–Trinajstić information content (AvgIpc) is 2.27. The minimum absolute atomic E-state index is 0.0592. The molecule has 0 radical (unpaired) electrons. The van der Waals surface area contributed by atoms with Gasteiger partial charge in [0, 0.05) is 5.56 Å². The van der Waals surface area contributed by atoms with Gasteiger partial charge >= 0.3 is 5.97 Å². The Morgan fingerprint density at radius 1 is 1.59 bits per heavy atom. The second kappa shape index (κ2) is 5.86. The summed E-state index contributed by atoms with van der Waals surface area (Å²) in [5.41, 5.74) is -1.61. The molecule has 0 unspecified atom stereocenters. The average molecular weight is 268 g/mol. The molecule has 0 aliphatic carbocycles. The molecule has 3 nitrogen and oxygen atoms in total. The predicted molar refractivity (Wildman–Crippen MR) is 54.7 cm³/mol. The fraction of sp³-hybridized carbons (Fsp3) is 0.400. The highest BCUT2D eigenvalue weighted by molar-refractivity contribution is 6.17. The third kappa shape index (κ3) is 2.88. The summed E-state index contributed by atoms with van der Waals surface area (Å²) in [6, 6.07) is 0. The van der Waals surface area contributed by atoms with Gasteiger partial charge in [-0.15, -0.1) is 11.6 Å². The first-order valence-electron chi connectivity index (χ1n) is 4.71. The molecule has 1 rings (SSSR count). The van der Waals surface area contributed by atoms with Crippen molar-refractivity contribution >= 4 is 17.6 Å². The molecule has 0 aromatic carbocycles. The first-order valence-corrected chi connectivity index (χ1v) is 5.24. The molecule has 7 heteroatoms. The van der Waals surface area contributed by atoms with Gasteiger partial charge in [0.05, 0.1) is 24.2 Å². The van der Waals surface area contributed by atoms with Gasteiger partial charge in [-0.25, -0.2) is 22.9 Å². The Morgan fingerprint density at radius 2 is 2.24 bits per heavy atom. The molecule has 0 atom stereocenters. The maximum atomic E-state index is 13.2. The Kier molecular flexibility index (Phi) is 4.74. The van der Waals surface area contributed by atoms with Crippen molar-refractivity contribution in [1.29, 1.82) is 0 Å². The predicted octanol–water partition coefficient (Wildman–Crippen LogP) is 3.07. The van der Waals surface area contributed by atoms with Gasteiger partial charge in [0.25, 0.3) is 6.43 Å². The third-order valence-electron chi connectivity index (χ3n) is 2.00. The number of alkyl halides is 3. The van der Waals surface area contributed by atoms with E-state index in [0.717, 1.165) is 0 Å². The Morgan fingerprint density at radius 3 is 2.71 bits per heavy atom. The Labute approximate surface area is 101 Å². The van der Waals surface area contributed by atoms with E-state index in [9.17, 15) is 18.0 Å². The van der Waals surface area contributed by atoms with E-state index in [2.05, 4.69) is 9.72 Å². The van der Waals surface area contributed by atoms with E-state index in [4.69, 9.17) is 11.6 Å². The van der Waals surface area contributed by atoms with Crippen LogP contribution in [0.4, 0.5) is 13.2 Å². The molecule has 94 valence electrons. The topological polar surface area (TPSA) is 39.2 Å². The summed E-state index contributed by atoms with van der Waals surface area (Å²) in [6.07, 6.45) is -2.51. The lowest BCUT2D eigenvalue weighted by Gasteiger charge is -2.11. The summed E-state index contributed by atoms with van der Waals surface area (Å²) in [6.45, 7) is 1.61. The van der Waals surface area contributed by atoms with Crippen LogP contribution in [0.1, 0.15) is 35.0 Å². The Bertz CT molecular complexity index is 426. The number of pyridine rings is 1. The fourth-order valence-corrected chi connectivity index (χ4v) is 1.56. The quantitative estimate of drug-likeness (QED) is 0.622. The van der Waals surface area contributed by atoms with Gasteiger partial charge in [0.15, 0.2) is 11.5 Å². The van der Waals surface area contributed by atoms with Crippen LogP contribution in [0.25, 0.3) is 0 Å². The molecule has 0 bridgehead atoms. The van der Waals surface area contributed by atoms with Gasteiger partial charge < -0.3 is 4.74 Å². The van der Waals surface area contributed by atoms with Crippen molar-refractivity contribution < 1.29 is 22.7 Å². The normalized spacial score (nSPS) is 10.7. The molecular formula is C10H9ClF3NO2. The highest BCUT2D eigenvalue weighted by Crippen LogP contribution is 2.28. The van der Waals surface area contributed by atoms with Crippen LogP contribution in [-0.2, 0) is 10.6 Å². The van der Waals surface area contributed by atoms with Crippen molar-refractivity contribution in [1.82, 2.24) is 4.98 Å². The van der Waals surface area contributed by atoms with Gasteiger partial charge in [-0.1, -0.05) is 0 Å². The van der Waals surface area contributed by atoms with Crippen molar-refractivity contribution in [3.63, 3.8) is 0 Å². The number of hydrogen-bond donors (Lipinski definition) is 0. The molecule has 0 saturated carbocycles. The lowest BCUT2D eigenvalue weighted by molar-refractivity contribution is 0.0517. The molecular weight excluding hydrogens is 259 g/mol. The van der Waals surface area contributed by atoms with Crippen LogP contribution in [0, 0.1) is 5.82 Å². The zero-order valence-corrected chi connectivity index (χ0v) is 9.60. The standard InChI is InChI=1S/C10H9ClF3NO2/c1-2-17-10(16)8-5(3-11)7(9(13)14)6(12)4-15-8/h4,9H,2-3H2,1H3. The van der Waals surface area contributed by atoms with E-state index >= 15 is 0 Å². The van der Waals surface area contributed by atoms with Crippen LogP contribution in [0.2, 0.25) is 0 Å². The van der Waals surface area contributed by atoms with Gasteiger partial charge in [0.1, 0.15) is 0 Å². The minimum atomic E-state index is -3.07. The monoisotopic (exact) mass is 267 g/mol. The lowest BCUT2D eigenvalue weighted by atomic mass is 10.1. The molecule has 1 heterocycles. The van der Waals surface area contributed by atoms with Crippen molar-refractivity contribution in [2.75, 3.05) is 6.61 Å². The first-order chi connectivity index (χ1) is 8.02. The number of aromatic nitrogens is 1. The third-order valence-corrected chi connectivity index (χ3v) is 2.26. The Balaban J connectivity index is 3.32. The van der Waals surface area contributed by atoms with E-state index in [-0.39, 0.29) is 17.9 Å². The first kappa shape index (κ1) is 13.8. The highest BCUT2D eigenvalue weighted by atomic mass is 35.5. The summed E-state index contributed by atoms with van der Waals surface area (Å²) in [7, 11) is 0. The zero-order chi connectivity index (χ0) is 13.0. The number of rotatable bonds is 4. The van der Waals surface area contributed by atoms with Crippen molar-refractivity contribution in [3.8, 4) is 0 Å². The van der Waals surface area contributed by atoms with Crippen LogP contribution in [0.5, 0.6) is 0 Å². The molecule has 17 heavy (non-hydrogen) atoms.